The molecular weight excluding hydrogens is 300 g/mol. The summed E-state index contributed by atoms with van der Waals surface area (Å²) in [6.07, 6.45) is 0.537. The van der Waals surface area contributed by atoms with Crippen molar-refractivity contribution in [2.45, 2.75) is 30.6 Å². The van der Waals surface area contributed by atoms with Crippen molar-refractivity contribution in [1.82, 2.24) is 15.5 Å². The zero-order chi connectivity index (χ0) is 15.1. The Morgan fingerprint density at radius 1 is 1.45 bits per heavy atom. The smallest absolute Gasteiger partial charge is 0.328 e. The summed E-state index contributed by atoms with van der Waals surface area (Å²) in [5.41, 5.74) is 5.45. The molecule has 0 fully saturated rings. The van der Waals surface area contributed by atoms with Gasteiger partial charge in [0, 0.05) is 0 Å². The molecule has 0 aromatic carbocycles. The second kappa shape index (κ2) is 8.05. The van der Waals surface area contributed by atoms with E-state index in [4.69, 9.17) is 5.73 Å². The van der Waals surface area contributed by atoms with E-state index in [1.807, 2.05) is 13.8 Å². The standard InChI is InChI=1S/C11H18N4O3S2/c1-6(2)4-7(9(17)18-3)13-8(16)5-19-11-15-14-10(12)20-11/h6-7H,4-5H2,1-3H3,(H2,12,14)(H,13,16)/t7-/m0/s1. The van der Waals surface area contributed by atoms with Gasteiger partial charge in [-0.05, 0) is 12.3 Å². The average molecular weight is 318 g/mol. The number of nitrogen functional groups attached to an aromatic ring is 1. The van der Waals surface area contributed by atoms with Gasteiger partial charge in [-0.1, -0.05) is 36.9 Å². The number of carbonyl (C=O) groups is 2. The number of anilines is 1. The van der Waals surface area contributed by atoms with E-state index in [1.165, 1.54) is 30.2 Å². The monoisotopic (exact) mass is 318 g/mol. The minimum absolute atomic E-state index is 0.153. The largest absolute Gasteiger partial charge is 0.467 e. The Morgan fingerprint density at radius 3 is 2.65 bits per heavy atom. The van der Waals surface area contributed by atoms with Crippen LogP contribution in [0.3, 0.4) is 0 Å². The van der Waals surface area contributed by atoms with Crippen LogP contribution in [-0.4, -0.2) is 41.0 Å². The SMILES string of the molecule is COC(=O)[C@H](CC(C)C)NC(=O)CSc1nnc(N)s1. The number of hydrogen-bond donors (Lipinski definition) is 2. The van der Waals surface area contributed by atoms with Crippen molar-refractivity contribution in [2.75, 3.05) is 18.6 Å². The van der Waals surface area contributed by atoms with Gasteiger partial charge in [-0.25, -0.2) is 4.79 Å². The van der Waals surface area contributed by atoms with Crippen LogP contribution in [-0.2, 0) is 14.3 Å². The van der Waals surface area contributed by atoms with Crippen molar-refractivity contribution in [3.05, 3.63) is 0 Å². The van der Waals surface area contributed by atoms with E-state index >= 15 is 0 Å². The molecule has 0 bridgehead atoms. The maximum absolute atomic E-state index is 11.8. The minimum atomic E-state index is -0.618. The second-order valence-electron chi connectivity index (χ2n) is 4.47. The number of ether oxygens (including phenoxy) is 1. The lowest BCUT2D eigenvalue weighted by Gasteiger charge is -2.17. The molecule has 1 heterocycles. The van der Waals surface area contributed by atoms with Gasteiger partial charge in [0.15, 0.2) is 4.34 Å². The van der Waals surface area contributed by atoms with Crippen molar-refractivity contribution in [3.63, 3.8) is 0 Å². The topological polar surface area (TPSA) is 107 Å². The fraction of sp³-hybridized carbons (Fsp3) is 0.636. The molecule has 0 saturated carbocycles. The summed E-state index contributed by atoms with van der Waals surface area (Å²) in [4.78, 5) is 23.4. The summed E-state index contributed by atoms with van der Waals surface area (Å²) in [6.45, 7) is 3.95. The highest BCUT2D eigenvalue weighted by atomic mass is 32.2. The van der Waals surface area contributed by atoms with E-state index in [-0.39, 0.29) is 17.6 Å². The maximum atomic E-state index is 11.8. The summed E-state index contributed by atoms with van der Waals surface area (Å²) in [7, 11) is 1.31. The zero-order valence-corrected chi connectivity index (χ0v) is 13.2. The van der Waals surface area contributed by atoms with E-state index in [1.54, 1.807) is 0 Å². The number of methoxy groups -OCH3 is 1. The van der Waals surface area contributed by atoms with Crippen LogP contribution in [0.25, 0.3) is 0 Å². The number of nitrogens with two attached hydrogens (primary N) is 1. The highest BCUT2D eigenvalue weighted by Crippen LogP contribution is 2.23. The van der Waals surface area contributed by atoms with Gasteiger partial charge in [0.25, 0.3) is 0 Å². The molecule has 9 heteroatoms. The Kier molecular flexibility index (Phi) is 6.73. The normalized spacial score (nSPS) is 12.2. The van der Waals surface area contributed by atoms with E-state index in [0.29, 0.717) is 15.9 Å². The summed E-state index contributed by atoms with van der Waals surface area (Å²) in [5, 5.41) is 10.5. The maximum Gasteiger partial charge on any atom is 0.328 e. The van der Waals surface area contributed by atoms with Crippen LogP contribution >= 0.6 is 23.1 Å². The van der Waals surface area contributed by atoms with Gasteiger partial charge in [-0.3, -0.25) is 4.79 Å². The molecule has 1 amide bonds. The zero-order valence-electron chi connectivity index (χ0n) is 11.6. The average Bonchev–Trinajstić information content (AvgIpc) is 2.80. The number of amides is 1. The summed E-state index contributed by atoms with van der Waals surface area (Å²) >= 11 is 2.45. The Bertz CT molecular complexity index is 464. The van der Waals surface area contributed by atoms with Crippen LogP contribution in [0.5, 0.6) is 0 Å². The minimum Gasteiger partial charge on any atom is -0.467 e. The van der Waals surface area contributed by atoms with Gasteiger partial charge in [-0.2, -0.15) is 0 Å². The van der Waals surface area contributed by atoms with Crippen LogP contribution in [0, 0.1) is 5.92 Å². The molecule has 0 aliphatic rings. The molecule has 1 aromatic rings. The lowest BCUT2D eigenvalue weighted by molar-refractivity contribution is -0.145. The molecule has 0 spiro atoms. The van der Waals surface area contributed by atoms with Crippen molar-refractivity contribution in [3.8, 4) is 0 Å². The molecule has 1 rings (SSSR count). The number of hydrogen-bond acceptors (Lipinski definition) is 8. The number of rotatable bonds is 7. The highest BCUT2D eigenvalue weighted by molar-refractivity contribution is 8.01. The van der Waals surface area contributed by atoms with Gasteiger partial charge in [0.05, 0.1) is 12.9 Å². The number of thioether (sulfide) groups is 1. The lowest BCUT2D eigenvalue weighted by atomic mass is 10.0. The Balaban J connectivity index is 2.46. The molecule has 0 saturated heterocycles. The van der Waals surface area contributed by atoms with E-state index < -0.39 is 12.0 Å². The second-order valence-corrected chi connectivity index (χ2v) is 6.70. The van der Waals surface area contributed by atoms with Gasteiger partial charge in [0.2, 0.25) is 11.0 Å². The third kappa shape index (κ3) is 5.74. The first kappa shape index (κ1) is 16.7. The Labute approximate surface area is 125 Å². The molecule has 112 valence electrons. The molecule has 0 aliphatic heterocycles. The fourth-order valence-electron chi connectivity index (χ4n) is 1.47. The van der Waals surface area contributed by atoms with E-state index in [2.05, 4.69) is 20.3 Å². The van der Waals surface area contributed by atoms with Gasteiger partial charge < -0.3 is 15.8 Å². The van der Waals surface area contributed by atoms with Crippen LogP contribution in [0.2, 0.25) is 0 Å². The third-order valence-corrected chi connectivity index (χ3v) is 4.16. The molecule has 1 aromatic heterocycles. The van der Waals surface area contributed by atoms with Crippen LogP contribution in [0.15, 0.2) is 4.34 Å². The van der Waals surface area contributed by atoms with Gasteiger partial charge in [-0.15, -0.1) is 10.2 Å². The predicted octanol–water partition coefficient (Wildman–Crippen LogP) is 0.916. The summed E-state index contributed by atoms with van der Waals surface area (Å²) in [5.74, 6) is -0.257. The molecular formula is C11H18N4O3S2. The quantitative estimate of drug-likeness (QED) is 0.568. The molecule has 7 nitrogen and oxygen atoms in total. The van der Waals surface area contributed by atoms with Gasteiger partial charge in [0.1, 0.15) is 6.04 Å². The van der Waals surface area contributed by atoms with Crippen molar-refractivity contribution >= 4 is 40.1 Å². The molecule has 0 aliphatic carbocycles. The number of esters is 1. The highest BCUT2D eigenvalue weighted by Gasteiger charge is 2.22. The van der Waals surface area contributed by atoms with Crippen molar-refractivity contribution in [1.29, 1.82) is 0 Å². The van der Waals surface area contributed by atoms with Crippen molar-refractivity contribution < 1.29 is 14.3 Å². The predicted molar refractivity (Wildman–Crippen MR) is 78.4 cm³/mol. The first-order valence-corrected chi connectivity index (χ1v) is 7.81. The number of carbonyl (C=O) groups excluding carboxylic acids is 2. The first-order valence-electron chi connectivity index (χ1n) is 6.01. The lowest BCUT2D eigenvalue weighted by Crippen LogP contribution is -2.43. The van der Waals surface area contributed by atoms with E-state index in [9.17, 15) is 9.59 Å². The molecule has 3 N–H and O–H groups in total. The van der Waals surface area contributed by atoms with Crippen LogP contribution in [0.1, 0.15) is 20.3 Å². The fourth-order valence-corrected chi connectivity index (χ4v) is 2.92. The van der Waals surface area contributed by atoms with Gasteiger partial charge >= 0.3 is 5.97 Å². The molecule has 0 radical (unpaired) electrons. The molecule has 1 atom stereocenters. The number of nitrogens with zero attached hydrogens (tertiary/aromatic N) is 2. The Morgan fingerprint density at radius 2 is 2.15 bits per heavy atom. The first-order chi connectivity index (χ1) is 9.42. The van der Waals surface area contributed by atoms with E-state index in [0.717, 1.165) is 0 Å². The molecule has 20 heavy (non-hydrogen) atoms. The summed E-state index contributed by atoms with van der Waals surface area (Å²) in [6, 6.07) is -0.618. The number of aromatic nitrogens is 2. The third-order valence-electron chi connectivity index (χ3n) is 2.28. The number of nitrogens with one attached hydrogen (secondary N) is 1. The van der Waals surface area contributed by atoms with Crippen molar-refractivity contribution in [2.24, 2.45) is 5.92 Å². The molecule has 0 unspecified atom stereocenters. The summed E-state index contributed by atoms with van der Waals surface area (Å²) < 4.78 is 5.30. The van der Waals surface area contributed by atoms with Crippen LogP contribution in [0.4, 0.5) is 5.13 Å². The van der Waals surface area contributed by atoms with Crippen LogP contribution < -0.4 is 11.1 Å². The Hall–Kier alpha value is -1.35.